The van der Waals surface area contributed by atoms with Gasteiger partial charge in [0.15, 0.2) is 0 Å². The summed E-state index contributed by atoms with van der Waals surface area (Å²) in [6.45, 7) is 1.34. The van der Waals surface area contributed by atoms with E-state index in [4.69, 9.17) is 4.42 Å². The SMILES string of the molecule is N#CC(CC(=O)N1CC2=C(C1)CN(S(=O)(=O)c1ccc3occc3c1)C2)c1cccnc1. The summed E-state index contributed by atoms with van der Waals surface area (Å²) in [5.74, 6) is -0.670. The summed E-state index contributed by atoms with van der Waals surface area (Å²) in [5, 5.41) is 10.2. The zero-order valence-corrected chi connectivity index (χ0v) is 18.0. The number of hydrogen-bond donors (Lipinski definition) is 0. The number of sulfonamides is 1. The number of hydrogen-bond acceptors (Lipinski definition) is 6. The third kappa shape index (κ3) is 3.57. The number of nitriles is 1. The fraction of sp³-hybridized carbons (Fsp3) is 0.261. The molecule has 1 amide bonds. The van der Waals surface area contributed by atoms with Crippen LogP contribution in [-0.2, 0) is 14.8 Å². The molecule has 32 heavy (non-hydrogen) atoms. The topological polar surface area (TPSA) is 108 Å². The Hall–Kier alpha value is -3.48. The Balaban J connectivity index is 1.24. The second-order valence-electron chi connectivity index (χ2n) is 8.02. The first-order valence-electron chi connectivity index (χ1n) is 10.2. The molecule has 2 aromatic heterocycles. The Labute approximate surface area is 185 Å². The van der Waals surface area contributed by atoms with Crippen LogP contribution in [0.25, 0.3) is 11.0 Å². The van der Waals surface area contributed by atoms with Crippen LogP contribution in [0.1, 0.15) is 17.9 Å². The van der Waals surface area contributed by atoms with E-state index < -0.39 is 15.9 Å². The van der Waals surface area contributed by atoms with E-state index in [1.54, 1.807) is 53.7 Å². The number of aromatic nitrogens is 1. The van der Waals surface area contributed by atoms with E-state index in [1.165, 1.54) is 10.6 Å². The maximum absolute atomic E-state index is 13.1. The highest BCUT2D eigenvalue weighted by Crippen LogP contribution is 2.32. The molecule has 9 heteroatoms. The number of nitrogens with zero attached hydrogens (tertiary/aromatic N) is 4. The molecule has 3 aromatic rings. The van der Waals surface area contributed by atoms with Gasteiger partial charge >= 0.3 is 0 Å². The molecule has 1 unspecified atom stereocenters. The van der Waals surface area contributed by atoms with Gasteiger partial charge in [-0.2, -0.15) is 9.57 Å². The Morgan fingerprint density at radius 2 is 1.94 bits per heavy atom. The lowest BCUT2D eigenvalue weighted by Gasteiger charge is -2.23. The van der Waals surface area contributed by atoms with Gasteiger partial charge in [0.05, 0.1) is 23.1 Å². The molecule has 2 aliphatic heterocycles. The van der Waals surface area contributed by atoms with Crippen molar-refractivity contribution in [1.82, 2.24) is 14.2 Å². The van der Waals surface area contributed by atoms with Crippen LogP contribution in [0.2, 0.25) is 0 Å². The number of carbonyl (C=O) groups is 1. The highest BCUT2D eigenvalue weighted by Gasteiger charge is 2.38. The molecule has 162 valence electrons. The Morgan fingerprint density at radius 3 is 2.62 bits per heavy atom. The molecule has 0 saturated carbocycles. The summed E-state index contributed by atoms with van der Waals surface area (Å²) < 4.78 is 33.0. The lowest BCUT2D eigenvalue weighted by molar-refractivity contribution is -0.130. The predicted octanol–water partition coefficient (Wildman–Crippen LogP) is 2.67. The minimum atomic E-state index is -3.65. The minimum absolute atomic E-state index is 0.0788. The quantitative estimate of drug-likeness (QED) is 0.556. The van der Waals surface area contributed by atoms with Crippen LogP contribution >= 0.6 is 0 Å². The average Bonchev–Trinajstić information content (AvgIpc) is 3.52. The maximum atomic E-state index is 13.1. The van der Waals surface area contributed by atoms with Gasteiger partial charge in [-0.3, -0.25) is 9.78 Å². The van der Waals surface area contributed by atoms with E-state index in [2.05, 4.69) is 11.1 Å². The van der Waals surface area contributed by atoms with Gasteiger partial charge < -0.3 is 9.32 Å². The summed E-state index contributed by atoms with van der Waals surface area (Å²) >= 11 is 0. The highest BCUT2D eigenvalue weighted by molar-refractivity contribution is 7.89. The van der Waals surface area contributed by atoms with Gasteiger partial charge in [0.25, 0.3) is 0 Å². The lowest BCUT2D eigenvalue weighted by atomic mass is 9.98. The summed E-state index contributed by atoms with van der Waals surface area (Å²) in [5.41, 5.74) is 3.28. The summed E-state index contributed by atoms with van der Waals surface area (Å²) in [6.07, 6.45) is 4.84. The van der Waals surface area contributed by atoms with Crippen molar-refractivity contribution in [2.75, 3.05) is 26.2 Å². The van der Waals surface area contributed by atoms with Gasteiger partial charge in [0.2, 0.25) is 15.9 Å². The van der Waals surface area contributed by atoms with Gasteiger partial charge in [-0.15, -0.1) is 0 Å². The first-order valence-corrected chi connectivity index (χ1v) is 11.6. The van der Waals surface area contributed by atoms with Crippen LogP contribution in [0, 0.1) is 11.3 Å². The van der Waals surface area contributed by atoms with Crippen molar-refractivity contribution < 1.29 is 17.6 Å². The standard InChI is InChI=1S/C23H20N4O4S/c24-10-18(17-2-1-6-25-11-17)9-23(28)26-12-19-14-27(15-20(19)13-26)32(29,30)21-3-4-22-16(8-21)5-7-31-22/h1-8,11,18H,9,12-15H2. The third-order valence-electron chi connectivity index (χ3n) is 6.03. The van der Waals surface area contributed by atoms with Gasteiger partial charge in [-0.1, -0.05) is 6.07 Å². The van der Waals surface area contributed by atoms with Crippen LogP contribution < -0.4 is 0 Å². The summed E-state index contributed by atoms with van der Waals surface area (Å²) in [7, 11) is -3.65. The molecule has 0 fully saturated rings. The van der Waals surface area contributed by atoms with Crippen molar-refractivity contribution in [3.63, 3.8) is 0 Å². The average molecular weight is 449 g/mol. The number of pyridine rings is 1. The zero-order valence-electron chi connectivity index (χ0n) is 17.1. The lowest BCUT2D eigenvalue weighted by Crippen LogP contribution is -2.36. The van der Waals surface area contributed by atoms with E-state index >= 15 is 0 Å². The smallest absolute Gasteiger partial charge is 0.243 e. The minimum Gasteiger partial charge on any atom is -0.464 e. The number of carbonyl (C=O) groups excluding carboxylic acids is 1. The van der Waals surface area contributed by atoms with E-state index in [0.29, 0.717) is 18.7 Å². The van der Waals surface area contributed by atoms with Gasteiger partial charge in [-0.25, -0.2) is 8.42 Å². The molecule has 2 aliphatic rings. The van der Waals surface area contributed by atoms with Crippen molar-refractivity contribution in [1.29, 1.82) is 5.26 Å². The molecule has 1 aromatic carbocycles. The molecular weight excluding hydrogens is 428 g/mol. The van der Waals surface area contributed by atoms with Crippen molar-refractivity contribution in [2.24, 2.45) is 0 Å². The first kappa shape index (κ1) is 20.4. The normalized spacial score (nSPS) is 17.5. The van der Waals surface area contributed by atoms with Crippen LogP contribution in [0.3, 0.4) is 0 Å². The second-order valence-corrected chi connectivity index (χ2v) is 9.96. The van der Waals surface area contributed by atoms with E-state index in [9.17, 15) is 18.5 Å². The van der Waals surface area contributed by atoms with Crippen molar-refractivity contribution in [3.8, 4) is 6.07 Å². The first-order chi connectivity index (χ1) is 15.5. The van der Waals surface area contributed by atoms with Gasteiger partial charge in [-0.05, 0) is 47.0 Å². The van der Waals surface area contributed by atoms with Gasteiger partial charge in [0, 0.05) is 50.4 Å². The summed E-state index contributed by atoms with van der Waals surface area (Å²) in [6, 6.07) is 12.3. The van der Waals surface area contributed by atoms with Crippen molar-refractivity contribution >= 4 is 26.9 Å². The molecule has 5 rings (SSSR count). The molecule has 0 saturated heterocycles. The number of furan rings is 1. The largest absolute Gasteiger partial charge is 0.464 e. The van der Waals surface area contributed by atoms with Crippen molar-refractivity contribution in [3.05, 3.63) is 71.8 Å². The van der Waals surface area contributed by atoms with Gasteiger partial charge in [0.1, 0.15) is 5.58 Å². The maximum Gasteiger partial charge on any atom is 0.243 e. The Morgan fingerprint density at radius 1 is 1.16 bits per heavy atom. The number of benzene rings is 1. The Bertz CT molecular complexity index is 1350. The number of rotatable bonds is 5. The van der Waals surface area contributed by atoms with E-state index in [-0.39, 0.29) is 30.3 Å². The molecule has 0 N–H and O–H groups in total. The predicted molar refractivity (Wildman–Crippen MR) is 116 cm³/mol. The van der Waals surface area contributed by atoms with Crippen LogP contribution in [-0.4, -0.2) is 54.7 Å². The molecule has 4 heterocycles. The molecule has 1 atom stereocenters. The molecule has 0 aliphatic carbocycles. The monoisotopic (exact) mass is 448 g/mol. The van der Waals surface area contributed by atoms with E-state index in [0.717, 1.165) is 22.1 Å². The second kappa shape index (κ2) is 7.89. The van der Waals surface area contributed by atoms with E-state index in [1.807, 2.05) is 0 Å². The van der Waals surface area contributed by atoms with Crippen LogP contribution in [0.15, 0.2) is 75.5 Å². The van der Waals surface area contributed by atoms with Crippen LogP contribution in [0.5, 0.6) is 0 Å². The number of fused-ring (bicyclic) bond motifs is 1. The Kier molecular flexibility index (Phi) is 5.04. The molecule has 0 bridgehead atoms. The van der Waals surface area contributed by atoms with Crippen LogP contribution in [0.4, 0.5) is 0 Å². The molecule has 0 radical (unpaired) electrons. The zero-order chi connectivity index (χ0) is 22.3. The molecular formula is C23H20N4O4S. The summed E-state index contributed by atoms with van der Waals surface area (Å²) in [4.78, 5) is 18.8. The third-order valence-corrected chi connectivity index (χ3v) is 7.82. The fourth-order valence-corrected chi connectivity index (χ4v) is 5.74. The highest BCUT2D eigenvalue weighted by atomic mass is 32.2. The van der Waals surface area contributed by atoms with Crippen molar-refractivity contribution in [2.45, 2.75) is 17.2 Å². The molecule has 8 nitrogen and oxygen atoms in total. The number of amides is 1. The molecule has 0 spiro atoms. The fourth-order valence-electron chi connectivity index (χ4n) is 4.27.